The average Bonchev–Trinajstić information content (AvgIpc) is 3.49. The molecule has 32 heavy (non-hydrogen) atoms. The molecule has 0 bridgehead atoms. The number of thiophene rings is 1. The highest BCUT2D eigenvalue weighted by molar-refractivity contribution is 7.09. The van der Waals surface area contributed by atoms with E-state index in [4.69, 9.17) is 0 Å². The third-order valence-corrected chi connectivity index (χ3v) is 7.19. The number of hydrogen-bond donors (Lipinski definition) is 2. The molecule has 0 spiro atoms. The van der Waals surface area contributed by atoms with Crippen molar-refractivity contribution < 1.29 is 14.7 Å². The molecule has 3 aromatic rings. The standard InChI is InChI=1S/C24H26N4O3S/c29-22(19-7-5-18(6-8-19)15-20-3-2-14-32-20)26-12-9-24(31,10-13-26)16-27-17-25-28-11-1-4-21(28)23(27)30/h1-8,11,14,25,31H,9-10,12-13,15-17H2. The zero-order valence-electron chi connectivity index (χ0n) is 17.7. The third-order valence-electron chi connectivity index (χ3n) is 6.31. The molecule has 166 valence electrons. The Bertz CT molecular complexity index is 1100. The number of amides is 2. The maximum Gasteiger partial charge on any atom is 0.273 e. The zero-order valence-corrected chi connectivity index (χ0v) is 18.6. The SMILES string of the molecule is O=C(c1ccc(Cc2cccs2)cc1)N1CCC(O)(CN2CNn3cccc3C2=O)CC1. The van der Waals surface area contributed by atoms with Crippen molar-refractivity contribution in [2.75, 3.05) is 31.7 Å². The summed E-state index contributed by atoms with van der Waals surface area (Å²) in [7, 11) is 0. The number of nitrogens with zero attached hydrogens (tertiary/aromatic N) is 3. The summed E-state index contributed by atoms with van der Waals surface area (Å²) < 4.78 is 1.70. The largest absolute Gasteiger partial charge is 0.388 e. The summed E-state index contributed by atoms with van der Waals surface area (Å²) in [5.74, 6) is -0.105. The Morgan fingerprint density at radius 2 is 1.88 bits per heavy atom. The predicted molar refractivity (Wildman–Crippen MR) is 123 cm³/mol. The lowest BCUT2D eigenvalue weighted by atomic mass is 9.90. The molecule has 2 aromatic heterocycles. The Morgan fingerprint density at radius 1 is 1.09 bits per heavy atom. The van der Waals surface area contributed by atoms with Gasteiger partial charge in [0.2, 0.25) is 0 Å². The van der Waals surface area contributed by atoms with Crippen LogP contribution in [0.5, 0.6) is 0 Å². The van der Waals surface area contributed by atoms with Crippen LogP contribution in [0.3, 0.4) is 0 Å². The highest BCUT2D eigenvalue weighted by Gasteiger charge is 2.38. The van der Waals surface area contributed by atoms with Crippen LogP contribution in [0.4, 0.5) is 0 Å². The van der Waals surface area contributed by atoms with Gasteiger partial charge in [-0.25, -0.2) is 0 Å². The molecule has 0 radical (unpaired) electrons. The summed E-state index contributed by atoms with van der Waals surface area (Å²) in [6.07, 6.45) is 3.57. The van der Waals surface area contributed by atoms with E-state index in [0.717, 1.165) is 6.42 Å². The first-order chi connectivity index (χ1) is 15.5. The Morgan fingerprint density at radius 3 is 2.59 bits per heavy atom. The Labute approximate surface area is 190 Å². The van der Waals surface area contributed by atoms with Gasteiger partial charge in [-0.05, 0) is 54.1 Å². The first-order valence-corrected chi connectivity index (χ1v) is 11.7. The van der Waals surface area contributed by atoms with E-state index in [-0.39, 0.29) is 18.4 Å². The molecule has 0 saturated carbocycles. The molecule has 0 unspecified atom stereocenters. The molecule has 0 aliphatic carbocycles. The molecule has 0 atom stereocenters. The zero-order chi connectivity index (χ0) is 22.1. The number of piperidine rings is 1. The second-order valence-electron chi connectivity index (χ2n) is 8.55. The fraction of sp³-hybridized carbons (Fsp3) is 0.333. The predicted octanol–water partition coefficient (Wildman–Crippen LogP) is 2.76. The van der Waals surface area contributed by atoms with Crippen molar-refractivity contribution >= 4 is 23.2 Å². The van der Waals surface area contributed by atoms with E-state index in [2.05, 4.69) is 16.9 Å². The van der Waals surface area contributed by atoms with Crippen LogP contribution in [0.2, 0.25) is 0 Å². The minimum atomic E-state index is -0.993. The molecule has 2 amide bonds. The fourth-order valence-corrected chi connectivity index (χ4v) is 5.16. The molecule has 1 fully saturated rings. The maximum atomic E-state index is 13.0. The Hall–Kier alpha value is -3.10. The quantitative estimate of drug-likeness (QED) is 0.627. The highest BCUT2D eigenvalue weighted by atomic mass is 32.1. The van der Waals surface area contributed by atoms with Crippen LogP contribution < -0.4 is 5.43 Å². The molecular formula is C24H26N4O3S. The molecule has 5 rings (SSSR count). The van der Waals surface area contributed by atoms with E-state index in [1.807, 2.05) is 36.4 Å². The van der Waals surface area contributed by atoms with Crippen LogP contribution in [0, 0.1) is 0 Å². The van der Waals surface area contributed by atoms with E-state index in [9.17, 15) is 14.7 Å². The number of β-amino-alcohol motifs (C(OH)–C–C–N with tert-alkyl or cyclic N) is 1. The van der Waals surface area contributed by atoms with E-state index in [1.54, 1.807) is 38.1 Å². The lowest BCUT2D eigenvalue weighted by molar-refractivity contribution is -0.0369. The lowest BCUT2D eigenvalue weighted by Crippen LogP contribution is -2.56. The Balaban J connectivity index is 1.17. The van der Waals surface area contributed by atoms with Crippen LogP contribution in [-0.2, 0) is 6.42 Å². The van der Waals surface area contributed by atoms with Crippen LogP contribution in [0.25, 0.3) is 0 Å². The summed E-state index contributed by atoms with van der Waals surface area (Å²) in [6.45, 7) is 1.54. The third kappa shape index (κ3) is 4.16. The summed E-state index contributed by atoms with van der Waals surface area (Å²) in [6, 6.07) is 15.5. The number of rotatable bonds is 5. The monoisotopic (exact) mass is 450 g/mol. The van der Waals surface area contributed by atoms with Crippen molar-refractivity contribution in [1.82, 2.24) is 14.5 Å². The van der Waals surface area contributed by atoms with Gasteiger partial charge in [0.15, 0.2) is 0 Å². The van der Waals surface area contributed by atoms with Gasteiger partial charge in [-0.15, -0.1) is 11.3 Å². The van der Waals surface area contributed by atoms with Gasteiger partial charge in [-0.2, -0.15) is 0 Å². The normalized spacial score (nSPS) is 17.7. The molecule has 2 aliphatic rings. The number of fused-ring (bicyclic) bond motifs is 1. The van der Waals surface area contributed by atoms with Gasteiger partial charge in [0.1, 0.15) is 12.4 Å². The summed E-state index contributed by atoms with van der Waals surface area (Å²) in [5, 5.41) is 13.2. The number of hydrogen-bond acceptors (Lipinski definition) is 5. The minimum Gasteiger partial charge on any atom is -0.388 e. The molecule has 8 heteroatoms. The first-order valence-electron chi connectivity index (χ1n) is 10.8. The molecule has 1 aromatic carbocycles. The van der Waals surface area contributed by atoms with Gasteiger partial charge in [0.25, 0.3) is 11.8 Å². The van der Waals surface area contributed by atoms with E-state index >= 15 is 0 Å². The minimum absolute atomic E-state index is 0.0109. The second-order valence-corrected chi connectivity index (χ2v) is 9.58. The number of aromatic nitrogens is 1. The number of carbonyl (C=O) groups is 2. The second kappa shape index (κ2) is 8.44. The number of aliphatic hydroxyl groups is 1. The van der Waals surface area contributed by atoms with Crippen LogP contribution in [0.15, 0.2) is 60.1 Å². The maximum absolute atomic E-state index is 13.0. The van der Waals surface area contributed by atoms with Crippen molar-refractivity contribution in [1.29, 1.82) is 0 Å². The van der Waals surface area contributed by atoms with Crippen LogP contribution in [-0.4, -0.2) is 63.3 Å². The summed E-state index contributed by atoms with van der Waals surface area (Å²) in [5.41, 5.74) is 4.57. The molecule has 4 heterocycles. The number of carbonyl (C=O) groups excluding carboxylic acids is 2. The topological polar surface area (TPSA) is 77.8 Å². The molecular weight excluding hydrogens is 424 g/mol. The van der Waals surface area contributed by atoms with Gasteiger partial charge in [-0.1, -0.05) is 18.2 Å². The molecule has 7 nitrogen and oxygen atoms in total. The first kappa shape index (κ1) is 20.8. The van der Waals surface area contributed by atoms with Crippen molar-refractivity contribution in [2.45, 2.75) is 24.9 Å². The van der Waals surface area contributed by atoms with Gasteiger partial charge >= 0.3 is 0 Å². The van der Waals surface area contributed by atoms with Crippen molar-refractivity contribution in [3.8, 4) is 0 Å². The lowest BCUT2D eigenvalue weighted by Gasteiger charge is -2.42. The van der Waals surface area contributed by atoms with E-state index < -0.39 is 5.60 Å². The highest BCUT2D eigenvalue weighted by Crippen LogP contribution is 2.26. The smallest absolute Gasteiger partial charge is 0.273 e. The summed E-state index contributed by atoms with van der Waals surface area (Å²) >= 11 is 1.73. The van der Waals surface area contributed by atoms with Crippen molar-refractivity contribution in [3.05, 3.63) is 81.8 Å². The van der Waals surface area contributed by atoms with E-state index in [1.165, 1.54) is 10.4 Å². The van der Waals surface area contributed by atoms with E-state index in [0.29, 0.717) is 43.9 Å². The van der Waals surface area contributed by atoms with Crippen molar-refractivity contribution in [3.63, 3.8) is 0 Å². The Kier molecular flexibility index (Phi) is 5.48. The van der Waals surface area contributed by atoms with Gasteiger partial charge in [0, 0.05) is 36.1 Å². The van der Waals surface area contributed by atoms with Gasteiger partial charge in [0.05, 0.1) is 12.1 Å². The number of benzene rings is 1. The molecule has 2 N–H and O–H groups in total. The molecule has 2 aliphatic heterocycles. The summed E-state index contributed by atoms with van der Waals surface area (Å²) in [4.78, 5) is 30.4. The van der Waals surface area contributed by atoms with Gasteiger partial charge < -0.3 is 20.3 Å². The number of nitrogens with one attached hydrogen (secondary N) is 1. The van der Waals surface area contributed by atoms with Crippen molar-refractivity contribution in [2.24, 2.45) is 0 Å². The molecule has 1 saturated heterocycles. The van der Waals surface area contributed by atoms with Crippen LogP contribution in [0.1, 0.15) is 44.1 Å². The van der Waals surface area contributed by atoms with Crippen LogP contribution >= 0.6 is 11.3 Å². The number of likely N-dealkylation sites (tertiary alicyclic amines) is 1. The van der Waals surface area contributed by atoms with Gasteiger partial charge in [-0.3, -0.25) is 14.3 Å². The average molecular weight is 451 g/mol. The fourth-order valence-electron chi connectivity index (χ4n) is 4.42.